The molecule has 0 aromatic heterocycles. The second kappa shape index (κ2) is 8.52. The molecule has 1 heterocycles. The van der Waals surface area contributed by atoms with Gasteiger partial charge in [-0.3, -0.25) is 0 Å². The molecule has 1 aromatic carbocycles. The number of piperazine rings is 1. The molecular formula is C19H31N2O3S+. The number of nitrogens with one attached hydrogen (secondary N) is 1. The lowest BCUT2D eigenvalue weighted by atomic mass is 9.95. The number of nitrogens with zero attached hydrogens (tertiary/aromatic N) is 1. The van der Waals surface area contributed by atoms with E-state index in [2.05, 4.69) is 0 Å². The van der Waals surface area contributed by atoms with Crippen LogP contribution in [0.15, 0.2) is 29.2 Å². The predicted octanol–water partition coefficient (Wildman–Crippen LogP) is 1.70. The van der Waals surface area contributed by atoms with Crippen molar-refractivity contribution in [3.05, 3.63) is 24.3 Å². The molecule has 3 rings (SSSR count). The van der Waals surface area contributed by atoms with Crippen LogP contribution >= 0.6 is 0 Å². The molecule has 0 bridgehead atoms. The van der Waals surface area contributed by atoms with E-state index in [9.17, 15) is 8.42 Å². The van der Waals surface area contributed by atoms with Crippen molar-refractivity contribution in [2.75, 3.05) is 33.3 Å². The fourth-order valence-electron chi connectivity index (χ4n) is 4.18. The lowest BCUT2D eigenvalue weighted by Gasteiger charge is -2.36. The monoisotopic (exact) mass is 367 g/mol. The fraction of sp³-hybridized carbons (Fsp3) is 0.684. The van der Waals surface area contributed by atoms with Crippen molar-refractivity contribution < 1.29 is 18.1 Å². The summed E-state index contributed by atoms with van der Waals surface area (Å²) >= 11 is 0. The molecule has 140 valence electrons. The molecule has 0 atom stereocenters. The summed E-state index contributed by atoms with van der Waals surface area (Å²) in [5.74, 6) is 0.678. The van der Waals surface area contributed by atoms with E-state index >= 15 is 0 Å². The Morgan fingerprint density at radius 3 is 2.08 bits per heavy atom. The van der Waals surface area contributed by atoms with Crippen LogP contribution in [-0.2, 0) is 10.0 Å². The third-order valence-corrected chi connectivity index (χ3v) is 7.66. The van der Waals surface area contributed by atoms with E-state index in [1.807, 2.05) is 0 Å². The van der Waals surface area contributed by atoms with Gasteiger partial charge >= 0.3 is 0 Å². The van der Waals surface area contributed by atoms with E-state index in [-0.39, 0.29) is 0 Å². The van der Waals surface area contributed by atoms with E-state index in [0.717, 1.165) is 19.1 Å². The van der Waals surface area contributed by atoms with Gasteiger partial charge in [-0.25, -0.2) is 8.42 Å². The van der Waals surface area contributed by atoms with Gasteiger partial charge < -0.3 is 9.64 Å². The third kappa shape index (κ3) is 4.54. The largest absolute Gasteiger partial charge is 0.497 e. The van der Waals surface area contributed by atoms with Gasteiger partial charge in [0.2, 0.25) is 10.0 Å². The first-order valence-electron chi connectivity index (χ1n) is 9.60. The lowest BCUT2D eigenvalue weighted by Crippen LogP contribution is -3.18. The number of methoxy groups -OCH3 is 1. The molecule has 0 amide bonds. The average Bonchev–Trinajstić information content (AvgIpc) is 2.62. The molecular weight excluding hydrogens is 336 g/mol. The second-order valence-corrected chi connectivity index (χ2v) is 9.22. The molecule has 0 unspecified atom stereocenters. The van der Waals surface area contributed by atoms with Gasteiger partial charge in [0.1, 0.15) is 5.75 Å². The maximum atomic E-state index is 12.8. The Kier molecular flexibility index (Phi) is 6.36. The maximum absolute atomic E-state index is 12.8. The number of rotatable bonds is 4. The highest BCUT2D eigenvalue weighted by Gasteiger charge is 2.33. The van der Waals surface area contributed by atoms with Crippen molar-refractivity contribution in [2.24, 2.45) is 0 Å². The number of hydrogen-bond donors (Lipinski definition) is 1. The van der Waals surface area contributed by atoms with Gasteiger partial charge in [0.25, 0.3) is 0 Å². The molecule has 0 spiro atoms. The quantitative estimate of drug-likeness (QED) is 0.881. The Labute approximate surface area is 152 Å². The summed E-state index contributed by atoms with van der Waals surface area (Å²) in [6.07, 6.45) is 9.39. The van der Waals surface area contributed by atoms with Crippen LogP contribution in [0, 0.1) is 0 Å². The van der Waals surface area contributed by atoms with Crippen molar-refractivity contribution in [3.8, 4) is 5.75 Å². The molecule has 5 nitrogen and oxygen atoms in total. The van der Waals surface area contributed by atoms with Gasteiger partial charge in [-0.05, 0) is 49.9 Å². The Morgan fingerprint density at radius 1 is 0.960 bits per heavy atom. The van der Waals surface area contributed by atoms with E-state index in [1.54, 1.807) is 40.6 Å². The van der Waals surface area contributed by atoms with Crippen molar-refractivity contribution in [1.29, 1.82) is 0 Å². The van der Waals surface area contributed by atoms with Crippen LogP contribution in [0.3, 0.4) is 0 Å². The summed E-state index contributed by atoms with van der Waals surface area (Å²) in [7, 11) is -1.81. The van der Waals surface area contributed by atoms with Crippen molar-refractivity contribution in [2.45, 2.75) is 55.9 Å². The van der Waals surface area contributed by atoms with Crippen LogP contribution in [-0.4, -0.2) is 52.1 Å². The fourth-order valence-corrected chi connectivity index (χ4v) is 5.62. The van der Waals surface area contributed by atoms with Crippen LogP contribution in [0.5, 0.6) is 5.75 Å². The molecule has 25 heavy (non-hydrogen) atoms. The first kappa shape index (κ1) is 18.7. The van der Waals surface area contributed by atoms with Gasteiger partial charge in [0.05, 0.1) is 44.2 Å². The SMILES string of the molecule is COc1ccc(S(=O)(=O)N2CC[NH+](C3CCCCCCC3)CC2)cc1. The maximum Gasteiger partial charge on any atom is 0.243 e. The third-order valence-electron chi connectivity index (χ3n) is 5.74. The van der Waals surface area contributed by atoms with E-state index in [0.29, 0.717) is 23.7 Å². The smallest absolute Gasteiger partial charge is 0.243 e. The number of quaternary nitrogens is 1. The highest BCUT2D eigenvalue weighted by Crippen LogP contribution is 2.20. The Balaban J connectivity index is 1.60. The topological polar surface area (TPSA) is 51.1 Å². The molecule has 1 aromatic rings. The zero-order chi connectivity index (χ0) is 17.7. The highest BCUT2D eigenvalue weighted by molar-refractivity contribution is 7.89. The number of sulfonamides is 1. The Morgan fingerprint density at radius 2 is 1.52 bits per heavy atom. The second-order valence-electron chi connectivity index (χ2n) is 7.28. The van der Waals surface area contributed by atoms with Gasteiger partial charge in [-0.2, -0.15) is 4.31 Å². The first-order chi connectivity index (χ1) is 12.1. The van der Waals surface area contributed by atoms with E-state index in [1.165, 1.54) is 44.9 Å². The summed E-state index contributed by atoms with van der Waals surface area (Å²) in [6.45, 7) is 3.11. The lowest BCUT2D eigenvalue weighted by molar-refractivity contribution is -0.929. The Hall–Kier alpha value is -1.11. The van der Waals surface area contributed by atoms with Crippen molar-refractivity contribution in [1.82, 2.24) is 4.31 Å². The van der Waals surface area contributed by atoms with Crippen LogP contribution in [0.25, 0.3) is 0 Å². The minimum atomic E-state index is -3.39. The summed E-state index contributed by atoms with van der Waals surface area (Å²) in [6, 6.07) is 7.43. The van der Waals surface area contributed by atoms with Crippen molar-refractivity contribution >= 4 is 10.0 Å². The molecule has 2 aliphatic rings. The molecule has 2 fully saturated rings. The summed E-state index contributed by atoms with van der Waals surface area (Å²) < 4.78 is 32.5. The molecule has 1 aliphatic carbocycles. The van der Waals surface area contributed by atoms with Crippen molar-refractivity contribution in [3.63, 3.8) is 0 Å². The van der Waals surface area contributed by atoms with Crippen LogP contribution in [0.1, 0.15) is 44.9 Å². The van der Waals surface area contributed by atoms with E-state index in [4.69, 9.17) is 4.74 Å². The zero-order valence-electron chi connectivity index (χ0n) is 15.2. The molecule has 1 saturated heterocycles. The summed E-state index contributed by atoms with van der Waals surface area (Å²) in [4.78, 5) is 1.98. The molecule has 6 heteroatoms. The van der Waals surface area contributed by atoms with Gasteiger partial charge in [-0.1, -0.05) is 19.3 Å². The molecule has 1 N–H and O–H groups in total. The van der Waals surface area contributed by atoms with E-state index < -0.39 is 10.0 Å². The number of benzene rings is 1. The zero-order valence-corrected chi connectivity index (χ0v) is 16.1. The highest BCUT2D eigenvalue weighted by atomic mass is 32.2. The minimum absolute atomic E-state index is 0.364. The van der Waals surface area contributed by atoms with Gasteiger partial charge in [0.15, 0.2) is 0 Å². The first-order valence-corrected chi connectivity index (χ1v) is 11.0. The molecule has 1 aliphatic heterocycles. The van der Waals surface area contributed by atoms with Gasteiger partial charge in [-0.15, -0.1) is 0 Å². The van der Waals surface area contributed by atoms with Gasteiger partial charge in [0, 0.05) is 0 Å². The number of hydrogen-bond acceptors (Lipinski definition) is 3. The minimum Gasteiger partial charge on any atom is -0.497 e. The average molecular weight is 368 g/mol. The predicted molar refractivity (Wildman–Crippen MR) is 98.6 cm³/mol. The van der Waals surface area contributed by atoms with Crippen LogP contribution in [0.4, 0.5) is 0 Å². The normalized spacial score (nSPS) is 22.3. The summed E-state index contributed by atoms with van der Waals surface area (Å²) in [5.41, 5.74) is 0. The number of ether oxygens (including phenoxy) is 1. The Bertz CT molecular complexity index is 629. The summed E-state index contributed by atoms with van der Waals surface area (Å²) in [5, 5.41) is 0. The van der Waals surface area contributed by atoms with Crippen LogP contribution in [0.2, 0.25) is 0 Å². The molecule has 1 saturated carbocycles. The molecule has 0 radical (unpaired) electrons. The van der Waals surface area contributed by atoms with Crippen LogP contribution < -0.4 is 9.64 Å². The standard InChI is InChI=1S/C19H30N2O3S/c1-24-18-9-11-19(12-10-18)25(22,23)21-15-13-20(14-16-21)17-7-5-3-2-4-6-8-17/h9-12,17H,2-8,13-16H2,1H3/p+1.